The normalized spacial score (nSPS) is 24.2. The number of hydrogen-bond acceptors (Lipinski definition) is 6. The number of aliphatic hydroxyl groups is 1. The Balaban J connectivity index is 0.000000587. The van der Waals surface area contributed by atoms with E-state index in [2.05, 4.69) is 56.7 Å². The number of nitrogens with one attached hydrogen (secondary N) is 2. The van der Waals surface area contributed by atoms with Crippen LogP contribution in [0, 0.1) is 18.3 Å². The maximum Gasteiger partial charge on any atom is 0.252 e. The predicted octanol–water partition coefficient (Wildman–Crippen LogP) is 6.72. The third-order valence-electron chi connectivity index (χ3n) is 8.51. The molecule has 1 heterocycles. The Morgan fingerprint density at radius 1 is 1.20 bits per heavy atom. The number of amides is 1. The number of thioether (sulfide) groups is 1. The first-order valence-corrected chi connectivity index (χ1v) is 15.8. The second-order valence-corrected chi connectivity index (χ2v) is 14.3. The van der Waals surface area contributed by atoms with E-state index >= 15 is 0 Å². The maximum absolute atomic E-state index is 13.1. The lowest BCUT2D eigenvalue weighted by Crippen LogP contribution is -2.55. The minimum Gasteiger partial charge on any atom is -0.508 e. The van der Waals surface area contributed by atoms with Crippen LogP contribution in [0.1, 0.15) is 82.6 Å². The van der Waals surface area contributed by atoms with Gasteiger partial charge in [-0.2, -0.15) is 0 Å². The lowest BCUT2D eigenvalue weighted by atomic mass is 9.62. The molecule has 0 unspecified atom stereocenters. The van der Waals surface area contributed by atoms with Crippen molar-refractivity contribution in [2.45, 2.75) is 102 Å². The van der Waals surface area contributed by atoms with Crippen LogP contribution in [-0.2, 0) is 0 Å². The molecular weight excluding hydrogens is 530 g/mol. The van der Waals surface area contributed by atoms with Gasteiger partial charge in [-0.05, 0) is 95.7 Å². The van der Waals surface area contributed by atoms with Gasteiger partial charge in [-0.1, -0.05) is 62.4 Å². The highest BCUT2D eigenvalue weighted by molar-refractivity contribution is 8.00. The first kappa shape index (κ1) is 33.0. The van der Waals surface area contributed by atoms with Gasteiger partial charge in [0, 0.05) is 40.7 Å². The van der Waals surface area contributed by atoms with Gasteiger partial charge >= 0.3 is 0 Å². The number of β-amino-alcohol motifs (C(OH)–C–C–N with tert-alkyl or cyclic N) is 1. The molecule has 0 spiro atoms. The molecule has 0 aromatic heterocycles. The molecule has 2 aromatic rings. The number of rotatable bonds is 8. The second-order valence-electron chi connectivity index (χ2n) is 13.0. The van der Waals surface area contributed by atoms with E-state index in [1.807, 2.05) is 30.3 Å². The van der Waals surface area contributed by atoms with Gasteiger partial charge in [0.25, 0.3) is 5.91 Å². The van der Waals surface area contributed by atoms with Crippen molar-refractivity contribution in [3.8, 4) is 5.75 Å². The summed E-state index contributed by atoms with van der Waals surface area (Å²) in [5, 5.41) is 27.0. The van der Waals surface area contributed by atoms with Crippen LogP contribution < -0.4 is 10.6 Å². The number of phenols is 1. The molecule has 5 atom stereocenters. The Hall–Kier alpha value is -2.48. The summed E-state index contributed by atoms with van der Waals surface area (Å²) >= 11 is 1.47. The first-order chi connectivity index (χ1) is 19.3. The minimum absolute atomic E-state index is 0.0955. The Morgan fingerprint density at radius 3 is 2.54 bits per heavy atom. The van der Waals surface area contributed by atoms with Crippen LogP contribution in [0.3, 0.4) is 0 Å². The number of phenolic OH excluding ortho intramolecular Hbond substituents is 1. The molecule has 1 saturated carbocycles. The van der Waals surface area contributed by atoms with Gasteiger partial charge in [-0.3, -0.25) is 9.69 Å². The van der Waals surface area contributed by atoms with Crippen molar-refractivity contribution in [3.05, 3.63) is 72.4 Å². The van der Waals surface area contributed by atoms with Crippen molar-refractivity contribution in [2.75, 3.05) is 13.1 Å². The summed E-state index contributed by atoms with van der Waals surface area (Å²) < 4.78 is 0. The Kier molecular flexibility index (Phi) is 11.8. The molecule has 0 radical (unpaired) electrons. The van der Waals surface area contributed by atoms with Gasteiger partial charge in [0.1, 0.15) is 11.1 Å². The summed E-state index contributed by atoms with van der Waals surface area (Å²) in [7, 11) is 0. The van der Waals surface area contributed by atoms with E-state index in [1.165, 1.54) is 37.4 Å². The summed E-state index contributed by atoms with van der Waals surface area (Å²) in [6, 6.07) is 15.2. The number of aliphatic hydroxyl groups excluding tert-OH is 1. The second kappa shape index (κ2) is 14.6. The Labute approximate surface area is 252 Å². The molecule has 2 aromatic carbocycles. The zero-order valence-corrected chi connectivity index (χ0v) is 26.6. The molecule has 1 aliphatic heterocycles. The lowest BCUT2D eigenvalue weighted by molar-refractivity contribution is -0.0358. The van der Waals surface area contributed by atoms with E-state index in [9.17, 15) is 15.0 Å². The highest BCUT2D eigenvalue weighted by Gasteiger charge is 2.44. The van der Waals surface area contributed by atoms with Crippen LogP contribution in [0.5, 0.6) is 5.75 Å². The smallest absolute Gasteiger partial charge is 0.252 e. The molecule has 7 heteroatoms. The first-order valence-electron chi connectivity index (χ1n) is 14.9. The number of likely N-dealkylation sites (tertiary alicyclic amines) is 1. The summed E-state index contributed by atoms with van der Waals surface area (Å²) in [5.74, 6) is 0.486. The summed E-state index contributed by atoms with van der Waals surface area (Å²) in [5.41, 5.74) is 1.56. The van der Waals surface area contributed by atoms with Gasteiger partial charge in [0.15, 0.2) is 0 Å². The van der Waals surface area contributed by atoms with E-state index in [0.717, 1.165) is 17.9 Å². The largest absolute Gasteiger partial charge is 0.508 e. The SMILES string of the molecule is C=CNC(C)(C)C.Cc1c(O)cccc1C(=O)N[C@@H](Sc1ccccc1)[C@H](O)CN1C[C@H]2CCCC[C@@]2(C)C[C@H]1C. The zero-order chi connectivity index (χ0) is 30.2. The van der Waals surface area contributed by atoms with Crippen molar-refractivity contribution < 1.29 is 15.0 Å². The zero-order valence-electron chi connectivity index (χ0n) is 25.8. The van der Waals surface area contributed by atoms with E-state index in [0.29, 0.717) is 35.0 Å². The quantitative estimate of drug-likeness (QED) is 0.205. The average Bonchev–Trinajstić information content (AvgIpc) is 2.90. The van der Waals surface area contributed by atoms with Crippen LogP contribution >= 0.6 is 11.8 Å². The van der Waals surface area contributed by atoms with Gasteiger partial charge in [0.05, 0.1) is 6.10 Å². The number of nitrogens with zero attached hydrogens (tertiary/aromatic N) is 1. The Morgan fingerprint density at radius 2 is 1.90 bits per heavy atom. The third-order valence-corrected chi connectivity index (χ3v) is 9.74. The average molecular weight is 582 g/mol. The number of piperidine rings is 1. The van der Waals surface area contributed by atoms with Crippen molar-refractivity contribution in [2.24, 2.45) is 11.3 Å². The monoisotopic (exact) mass is 581 g/mol. The van der Waals surface area contributed by atoms with Gasteiger partial charge in [-0.15, -0.1) is 0 Å². The molecule has 226 valence electrons. The van der Waals surface area contributed by atoms with Crippen molar-refractivity contribution in [3.63, 3.8) is 0 Å². The van der Waals surface area contributed by atoms with Gasteiger partial charge in [-0.25, -0.2) is 0 Å². The number of hydrogen-bond donors (Lipinski definition) is 4. The van der Waals surface area contributed by atoms with E-state index in [1.54, 1.807) is 31.3 Å². The number of aromatic hydroxyl groups is 1. The fraction of sp³-hybridized carbons (Fsp3) is 0.559. The number of benzene rings is 2. The summed E-state index contributed by atoms with van der Waals surface area (Å²) in [6.07, 6.45) is 7.35. The molecule has 2 aliphatic rings. The molecule has 6 nitrogen and oxygen atoms in total. The van der Waals surface area contributed by atoms with E-state index in [-0.39, 0.29) is 17.2 Å². The number of carbonyl (C=O) groups excluding carboxylic acids is 1. The predicted molar refractivity (Wildman–Crippen MR) is 171 cm³/mol. The topological polar surface area (TPSA) is 84.8 Å². The molecule has 41 heavy (non-hydrogen) atoms. The minimum atomic E-state index is -0.734. The number of fused-ring (bicyclic) bond motifs is 1. The Bertz CT molecular complexity index is 1140. The van der Waals surface area contributed by atoms with Crippen LogP contribution in [0.15, 0.2) is 66.2 Å². The summed E-state index contributed by atoms with van der Waals surface area (Å²) in [6.45, 7) is 17.8. The van der Waals surface area contributed by atoms with Crippen LogP contribution in [0.4, 0.5) is 0 Å². The number of carbonyl (C=O) groups is 1. The van der Waals surface area contributed by atoms with Gasteiger partial charge < -0.3 is 20.8 Å². The molecular formula is C34H51N3O3S. The van der Waals surface area contributed by atoms with Crippen LogP contribution in [0.2, 0.25) is 0 Å². The van der Waals surface area contributed by atoms with Crippen molar-refractivity contribution in [1.29, 1.82) is 0 Å². The molecule has 1 amide bonds. The van der Waals surface area contributed by atoms with Gasteiger partial charge in [0.2, 0.25) is 0 Å². The summed E-state index contributed by atoms with van der Waals surface area (Å²) in [4.78, 5) is 16.6. The molecule has 1 aliphatic carbocycles. The third kappa shape index (κ3) is 9.52. The van der Waals surface area contributed by atoms with E-state index < -0.39 is 11.5 Å². The van der Waals surface area contributed by atoms with E-state index in [4.69, 9.17) is 0 Å². The highest BCUT2D eigenvalue weighted by Crippen LogP contribution is 2.48. The lowest BCUT2D eigenvalue weighted by Gasteiger charge is -2.52. The molecule has 0 bridgehead atoms. The maximum atomic E-state index is 13.1. The molecule has 4 N–H and O–H groups in total. The standard InChI is InChI=1S/C28H38N2O3S.C6H13N/c1-19-16-28(3)15-8-7-10-21(28)17-30(19)18-25(32)27(34-22-11-5-4-6-12-22)29-26(33)23-13-9-14-24(31)20(23)2;1-5-7-6(2,3)4/h4-6,9,11-14,19,21,25,27,31-32H,7-8,10,15-18H2,1-3H3,(H,29,33);5,7H,1H2,2-4H3/t19-,21-,25-,27+,28+;/m1./s1. The fourth-order valence-corrected chi connectivity index (χ4v) is 7.16. The molecule has 4 rings (SSSR count). The fourth-order valence-electron chi connectivity index (χ4n) is 6.14. The van der Waals surface area contributed by atoms with Crippen LogP contribution in [0.25, 0.3) is 0 Å². The van der Waals surface area contributed by atoms with Crippen molar-refractivity contribution >= 4 is 17.7 Å². The highest BCUT2D eigenvalue weighted by atomic mass is 32.2. The van der Waals surface area contributed by atoms with Crippen molar-refractivity contribution in [1.82, 2.24) is 15.5 Å². The van der Waals surface area contributed by atoms with Crippen LogP contribution in [-0.4, -0.2) is 57.2 Å². The molecule has 2 fully saturated rings. The molecule has 1 saturated heterocycles.